The summed E-state index contributed by atoms with van der Waals surface area (Å²) in [6.45, 7) is 6.59. The lowest BCUT2D eigenvalue weighted by Crippen LogP contribution is -2.46. The van der Waals surface area contributed by atoms with Gasteiger partial charge in [0, 0.05) is 0 Å². The number of hydrogen-bond acceptors (Lipinski definition) is 4. The first-order valence-electron chi connectivity index (χ1n) is 9.22. The molecule has 2 unspecified atom stereocenters. The zero-order chi connectivity index (χ0) is 18.2. The highest BCUT2D eigenvalue weighted by atomic mass is 35.5. The van der Waals surface area contributed by atoms with Gasteiger partial charge < -0.3 is 14.8 Å². The Morgan fingerprint density at radius 1 is 0.958 bits per heavy atom. The summed E-state index contributed by atoms with van der Waals surface area (Å²) < 4.78 is 10.2. The van der Waals surface area contributed by atoms with Crippen molar-refractivity contribution in [2.45, 2.75) is 78.2 Å². The van der Waals surface area contributed by atoms with E-state index < -0.39 is 18.1 Å². The van der Waals surface area contributed by atoms with E-state index in [1.807, 2.05) is 13.8 Å². The number of alkyl halides is 1. The molecule has 0 saturated heterocycles. The first kappa shape index (κ1) is 23.0. The number of unbranched alkanes of at least 4 members (excludes halogenated alkanes) is 6. The van der Waals surface area contributed by atoms with E-state index in [9.17, 15) is 9.59 Å². The van der Waals surface area contributed by atoms with Gasteiger partial charge in [-0.3, -0.25) is 0 Å². The van der Waals surface area contributed by atoms with Crippen molar-refractivity contribution < 1.29 is 19.1 Å². The smallest absolute Gasteiger partial charge is 0.407 e. The molecule has 1 N–H and O–H groups in total. The van der Waals surface area contributed by atoms with Crippen molar-refractivity contribution in [3.63, 3.8) is 0 Å². The molecule has 5 nitrogen and oxygen atoms in total. The highest BCUT2D eigenvalue weighted by Gasteiger charge is 2.27. The number of hydrogen-bond donors (Lipinski definition) is 1. The second kappa shape index (κ2) is 15.6. The van der Waals surface area contributed by atoms with E-state index in [-0.39, 0.29) is 18.4 Å². The SMILES string of the molecule is CCCCCCCCCOC(=O)C(NC(=O)OCCCl)C(C)CC. The third-order valence-electron chi connectivity index (χ3n) is 4.04. The van der Waals surface area contributed by atoms with Crippen LogP contribution in [0, 0.1) is 5.92 Å². The van der Waals surface area contributed by atoms with Crippen LogP contribution in [0.2, 0.25) is 0 Å². The summed E-state index contributed by atoms with van der Waals surface area (Å²) in [7, 11) is 0. The maximum atomic E-state index is 12.2. The van der Waals surface area contributed by atoms with Crippen LogP contribution in [0.3, 0.4) is 0 Å². The minimum absolute atomic E-state index is 0.0184. The Kier molecular flexibility index (Phi) is 14.9. The average molecular weight is 364 g/mol. The summed E-state index contributed by atoms with van der Waals surface area (Å²) in [5.41, 5.74) is 0. The Morgan fingerprint density at radius 3 is 2.17 bits per heavy atom. The topological polar surface area (TPSA) is 64.6 Å². The lowest BCUT2D eigenvalue weighted by molar-refractivity contribution is -0.147. The molecule has 0 aliphatic heterocycles. The van der Waals surface area contributed by atoms with E-state index in [4.69, 9.17) is 21.1 Å². The first-order chi connectivity index (χ1) is 11.6. The standard InChI is InChI=1S/C18H34ClNO4/c1-4-6-7-8-9-10-11-13-23-17(21)16(15(3)5-2)20-18(22)24-14-12-19/h15-16H,4-14H2,1-3H3,(H,20,22). The highest BCUT2D eigenvalue weighted by molar-refractivity contribution is 6.18. The fourth-order valence-corrected chi connectivity index (χ4v) is 2.37. The molecule has 0 fully saturated rings. The van der Waals surface area contributed by atoms with E-state index in [2.05, 4.69) is 12.2 Å². The quantitative estimate of drug-likeness (QED) is 0.277. The number of amides is 1. The average Bonchev–Trinajstić information content (AvgIpc) is 2.59. The fraction of sp³-hybridized carbons (Fsp3) is 0.889. The number of esters is 1. The Hall–Kier alpha value is -0.970. The Morgan fingerprint density at radius 2 is 1.58 bits per heavy atom. The third kappa shape index (κ3) is 11.5. The molecule has 0 bridgehead atoms. The molecular weight excluding hydrogens is 330 g/mol. The zero-order valence-corrected chi connectivity index (χ0v) is 16.2. The van der Waals surface area contributed by atoms with Gasteiger partial charge in [-0.1, -0.05) is 65.7 Å². The molecule has 0 rings (SSSR count). The normalized spacial score (nSPS) is 13.2. The van der Waals surface area contributed by atoms with E-state index in [1.54, 1.807) is 0 Å². The molecule has 2 atom stereocenters. The van der Waals surface area contributed by atoms with E-state index in [0.29, 0.717) is 6.61 Å². The molecule has 1 amide bonds. The molecule has 0 radical (unpaired) electrons. The number of ether oxygens (including phenoxy) is 2. The van der Waals surface area contributed by atoms with E-state index >= 15 is 0 Å². The van der Waals surface area contributed by atoms with Crippen LogP contribution in [0.4, 0.5) is 4.79 Å². The van der Waals surface area contributed by atoms with Crippen LogP contribution in [0.5, 0.6) is 0 Å². The molecule has 0 saturated carbocycles. The van der Waals surface area contributed by atoms with Crippen molar-refractivity contribution >= 4 is 23.7 Å². The predicted octanol–water partition coefficient (Wildman–Crippen LogP) is 4.66. The fourth-order valence-electron chi connectivity index (χ4n) is 2.29. The Balaban J connectivity index is 4.06. The molecule has 0 aliphatic carbocycles. The van der Waals surface area contributed by atoms with Gasteiger partial charge in [-0.25, -0.2) is 9.59 Å². The van der Waals surface area contributed by atoms with Crippen molar-refractivity contribution in [2.75, 3.05) is 19.1 Å². The molecule has 24 heavy (non-hydrogen) atoms. The molecule has 0 aromatic carbocycles. The van der Waals surface area contributed by atoms with Crippen LogP contribution in [-0.2, 0) is 14.3 Å². The second-order valence-corrected chi connectivity index (χ2v) is 6.50. The van der Waals surface area contributed by atoms with Crippen LogP contribution >= 0.6 is 11.6 Å². The van der Waals surface area contributed by atoms with Crippen molar-refractivity contribution in [3.05, 3.63) is 0 Å². The van der Waals surface area contributed by atoms with E-state index in [0.717, 1.165) is 19.3 Å². The van der Waals surface area contributed by atoms with Crippen LogP contribution in [0.25, 0.3) is 0 Å². The van der Waals surface area contributed by atoms with Crippen molar-refractivity contribution in [2.24, 2.45) is 5.92 Å². The molecule has 0 aromatic rings. The van der Waals surface area contributed by atoms with Gasteiger partial charge in [0.15, 0.2) is 0 Å². The van der Waals surface area contributed by atoms with Gasteiger partial charge in [-0.15, -0.1) is 11.6 Å². The first-order valence-corrected chi connectivity index (χ1v) is 9.76. The van der Waals surface area contributed by atoms with Gasteiger partial charge in [0.25, 0.3) is 0 Å². The molecule has 6 heteroatoms. The minimum atomic E-state index is -0.678. The predicted molar refractivity (Wildman–Crippen MR) is 97.4 cm³/mol. The summed E-state index contributed by atoms with van der Waals surface area (Å²) in [6, 6.07) is -0.678. The van der Waals surface area contributed by atoms with Gasteiger partial charge in [-0.05, 0) is 12.3 Å². The summed E-state index contributed by atoms with van der Waals surface area (Å²) in [6.07, 6.45) is 8.28. The van der Waals surface area contributed by atoms with Crippen molar-refractivity contribution in [1.82, 2.24) is 5.32 Å². The summed E-state index contributed by atoms with van der Waals surface area (Å²) in [5.74, 6) is -0.183. The summed E-state index contributed by atoms with van der Waals surface area (Å²) >= 11 is 5.48. The number of carbonyl (C=O) groups is 2. The monoisotopic (exact) mass is 363 g/mol. The van der Waals surface area contributed by atoms with Gasteiger partial charge >= 0.3 is 12.1 Å². The number of rotatable bonds is 14. The van der Waals surface area contributed by atoms with Crippen molar-refractivity contribution in [1.29, 1.82) is 0 Å². The number of carbonyl (C=O) groups excluding carboxylic acids is 2. The summed E-state index contributed by atoms with van der Waals surface area (Å²) in [5, 5.41) is 2.58. The van der Waals surface area contributed by atoms with Crippen LogP contribution in [-0.4, -0.2) is 37.2 Å². The lowest BCUT2D eigenvalue weighted by Gasteiger charge is -2.22. The van der Waals surface area contributed by atoms with Crippen LogP contribution in [0.15, 0.2) is 0 Å². The largest absolute Gasteiger partial charge is 0.464 e. The molecule has 142 valence electrons. The zero-order valence-electron chi connectivity index (χ0n) is 15.4. The number of alkyl carbamates (subject to hydrolysis) is 1. The summed E-state index contributed by atoms with van der Waals surface area (Å²) in [4.78, 5) is 23.8. The number of halogens is 1. The number of nitrogens with one attached hydrogen (secondary N) is 1. The molecule has 0 aromatic heterocycles. The molecule has 0 aliphatic rings. The van der Waals surface area contributed by atoms with Gasteiger partial charge in [-0.2, -0.15) is 0 Å². The lowest BCUT2D eigenvalue weighted by atomic mass is 9.99. The van der Waals surface area contributed by atoms with Crippen LogP contribution < -0.4 is 5.32 Å². The van der Waals surface area contributed by atoms with Crippen LogP contribution in [0.1, 0.15) is 72.1 Å². The highest BCUT2D eigenvalue weighted by Crippen LogP contribution is 2.11. The second-order valence-electron chi connectivity index (χ2n) is 6.12. The Bertz CT molecular complexity index is 339. The molecule has 0 heterocycles. The minimum Gasteiger partial charge on any atom is -0.464 e. The van der Waals surface area contributed by atoms with E-state index in [1.165, 1.54) is 32.1 Å². The van der Waals surface area contributed by atoms with Gasteiger partial charge in [0.1, 0.15) is 12.6 Å². The maximum absolute atomic E-state index is 12.2. The molecular formula is C18H34ClNO4. The maximum Gasteiger partial charge on any atom is 0.407 e. The van der Waals surface area contributed by atoms with Gasteiger partial charge in [0.2, 0.25) is 0 Å². The molecule has 0 spiro atoms. The van der Waals surface area contributed by atoms with Crippen molar-refractivity contribution in [3.8, 4) is 0 Å². The van der Waals surface area contributed by atoms with Gasteiger partial charge in [0.05, 0.1) is 12.5 Å². The Labute approximate surface area is 151 Å². The third-order valence-corrected chi connectivity index (χ3v) is 4.20.